The van der Waals surface area contributed by atoms with Crippen molar-refractivity contribution in [3.05, 3.63) is 52.1 Å². The summed E-state index contributed by atoms with van der Waals surface area (Å²) < 4.78 is 338. The second-order valence-corrected chi connectivity index (χ2v) is 29.6. The molecule has 8 aliphatic rings. The third-order valence-corrected chi connectivity index (χ3v) is 15.9. The first-order valence-electron chi connectivity index (χ1n) is 31.2. The number of rotatable bonds is 25. The largest absolute Gasteiger partial charge is 1.00 e. The average Bonchev–Trinajstić information content (AvgIpc) is 0.807. The molecule has 8 heterocycles. The minimum absolute atomic E-state index is 0. The fourth-order valence-electron chi connectivity index (χ4n) is 9.96. The first kappa shape index (κ1) is 165. The Bertz CT molecular complexity index is 3900. The van der Waals surface area contributed by atoms with Crippen molar-refractivity contribution in [2.75, 3.05) is 33.5 Å². The summed E-state index contributed by atoms with van der Waals surface area (Å²) in [4.78, 5) is 65.0. The minimum Gasteiger partial charge on any atom is -0.726 e. The molecule has 0 aromatic rings. The maximum atomic E-state index is 11.6. The third kappa shape index (κ3) is 72.6. The Labute approximate surface area is 999 Å². The number of nitrogens with two attached hydrogens (primary N) is 4. The summed E-state index contributed by atoms with van der Waals surface area (Å²) in [5.41, 5.74) is 24.7. The summed E-state index contributed by atoms with van der Waals surface area (Å²) in [5, 5.41) is 108. The first-order valence-corrected chi connectivity index (χ1v) is 40.7. The fraction of sp³-hybridized carbons (Fsp3) is 0.755. The molecule has 66 nitrogen and oxygen atoms in total. The van der Waals surface area contributed by atoms with Crippen LogP contribution in [0.2, 0.25) is 0 Å². The van der Waals surface area contributed by atoms with Crippen LogP contribution in [-0.2, 0) is 199 Å². The van der Waals surface area contributed by atoms with Gasteiger partial charge in [0.05, 0.1) is 50.6 Å². The number of hydrogen-bond donors (Lipinski definition) is 18. The van der Waals surface area contributed by atoms with Crippen LogP contribution in [-0.4, -0.2) is 415 Å². The van der Waals surface area contributed by atoms with E-state index >= 15 is 0 Å². The molecule has 22 N–H and O–H groups in total. The van der Waals surface area contributed by atoms with Crippen LogP contribution >= 0.6 is 0 Å². The van der Waals surface area contributed by atoms with E-state index in [4.69, 9.17) is 207 Å². The van der Waals surface area contributed by atoms with Gasteiger partial charge < -0.3 is 182 Å². The van der Waals surface area contributed by atoms with Gasteiger partial charge in [-0.05, 0) is 24.4 Å². The molecule has 8 fully saturated rings. The van der Waals surface area contributed by atoms with Crippen molar-refractivity contribution < 1.29 is 612 Å². The van der Waals surface area contributed by atoms with Gasteiger partial charge in [-0.15, -0.1) is 0 Å². The van der Waals surface area contributed by atoms with E-state index in [1.54, 1.807) is 0 Å². The second-order valence-electron chi connectivity index (χ2n) is 23.0. The Hall–Kier alpha value is 6.41. The molecule has 0 radical (unpaired) electrons. The average molecular weight is 2190 g/mol. The van der Waals surface area contributed by atoms with Gasteiger partial charge in [0.15, 0.2) is 25.2 Å². The minimum atomic E-state index is -5.49. The second kappa shape index (κ2) is 81.2. The Morgan fingerprint density at radius 2 is 0.489 bits per heavy atom. The van der Waals surface area contributed by atoms with E-state index in [0.717, 1.165) is 52.1 Å². The molecule has 0 bridgehead atoms. The van der Waals surface area contributed by atoms with Gasteiger partial charge in [0, 0.05) is 32.3 Å². The molecule has 0 aromatic carbocycles. The van der Waals surface area contributed by atoms with Crippen molar-refractivity contribution in [3.63, 3.8) is 0 Å². The van der Waals surface area contributed by atoms with E-state index in [9.17, 15) is 90.0 Å². The Balaban J connectivity index is -0.000000296. The van der Waals surface area contributed by atoms with E-state index in [1.165, 1.54) is 7.11 Å². The summed E-state index contributed by atoms with van der Waals surface area (Å²) in [6.07, 6.45) is -41.1. The van der Waals surface area contributed by atoms with E-state index < -0.39 is 296 Å². The topological polar surface area (TPSA) is 1100 Å². The smallest absolute Gasteiger partial charge is 0.726 e. The molecule has 32 atom stereocenters. The van der Waals surface area contributed by atoms with Gasteiger partial charge in [0.2, 0.25) is 72.8 Å². The first-order chi connectivity index (χ1) is 55.9. The maximum Gasteiger partial charge on any atom is 1.00 e. The van der Waals surface area contributed by atoms with Crippen molar-refractivity contribution in [3.8, 4) is 0 Å². The zero-order valence-corrected chi connectivity index (χ0v) is 98.7. The van der Waals surface area contributed by atoms with Crippen molar-refractivity contribution >= 4 is 97.4 Å². The van der Waals surface area contributed by atoms with Crippen molar-refractivity contribution in [1.29, 1.82) is 0 Å². The normalized spacial score (nSPS) is 33.8. The molecule has 0 saturated carbocycles. The van der Waals surface area contributed by atoms with E-state index in [2.05, 4.69) is 12.5 Å². The molecule has 133 heavy (non-hydrogen) atoms. The van der Waals surface area contributed by atoms with Crippen LogP contribution in [0.1, 0.15) is 0 Å². The number of carbonyl (C=O) groups excluding carboxylic acids is 8. The van der Waals surface area contributed by atoms with Crippen LogP contribution < -0.4 is 348 Å². The monoisotopic (exact) mass is 2190 g/mol. The van der Waals surface area contributed by atoms with E-state index in [0.29, 0.717) is 0 Å². The number of hydrogen-bond acceptors (Lipinski definition) is 62. The molecule has 8 unspecified atom stereocenters. The number of aliphatic hydroxyl groups is 10. The molecule has 0 spiro atoms. The van der Waals surface area contributed by atoms with Crippen molar-refractivity contribution in [1.82, 2.24) is 0 Å². The van der Waals surface area contributed by atoms with Crippen molar-refractivity contribution in [2.45, 2.75) is 197 Å². The quantitative estimate of drug-likeness (QED) is 0.0175. The molecule has 718 valence electrons. The van der Waals surface area contributed by atoms with Crippen LogP contribution in [0.4, 0.5) is 0 Å². The predicted octanol–water partition coefficient (Wildman–Crippen LogP) is -52.2. The third-order valence-electron chi connectivity index (χ3n) is 14.6. The summed E-state index contributed by atoms with van der Waals surface area (Å²) >= 11 is 0. The molecule has 8 saturated heterocycles. The number of ether oxygens (including phenoxy) is 16. The molecule has 0 amide bonds. The van der Waals surface area contributed by atoms with Gasteiger partial charge >= 0.3 is 350 Å². The number of methoxy groups -OCH3 is 1. The van der Waals surface area contributed by atoms with Gasteiger partial charge in [-0.25, -0.2) is 84.6 Å². The Kier molecular flexibility index (Phi) is 100. The Morgan fingerprint density at radius 1 is 0.308 bits per heavy atom. The zero-order valence-electron chi connectivity index (χ0n) is 70.9. The summed E-state index contributed by atoms with van der Waals surface area (Å²) in [7, 11) is -34.7. The summed E-state index contributed by atoms with van der Waals surface area (Å²) in [5.74, 6) is 0. The van der Waals surface area contributed by atoms with Gasteiger partial charge in [0.25, 0.3) is 0 Å². The van der Waals surface area contributed by atoms with Crippen LogP contribution in [0.15, 0.2) is 0 Å². The molecular weight excluding hydrogens is 2110 g/mol. The standard InChI is InChI=1S/C45H72N4O38S3.4CO2.11Na.4H2O4S/c1-69-42-30(46)34(56)38(19(6-50)77-42)84-27-3-15(52)20(8-71-27)78-44-32(48)36(58)40(24(82-44)12-75-89(63,64)65)86-29-5-17(54)22(10-73-29)80-45-33(49)37(59)41(25(83-45)13-76-90(66,67)68)87-28-4-16(53)21(9-72-28)79-43-31(47)35(57)39(23(81-43)11-74-88(60,61)62)85-26-2-14(51)18(55)7-70-26;4*2-1-3;;;;;;;;;;;;4*1-5(2,3)4/h2-5,7-10,14-45,50-59H,6,11-13,46-49H2,1H3,(H,60,61,62)(H,63,64,65)(H,66,67,68);;;;;;;;;;;;;;;;4*(H2,1,2,3,4)/q-8;;;;;11*+1;;;;/p-7/t14-,15-,16-,17-,18+,19?,20+,21+,22+,23?,24?,25?,26-,27-,28-,29-,30?,31?,32?,33?,34+,35+,36+,37+,38+,39-,40-,41+,42-,43+,44-,45-;;;;;;;;;;;;;;;;;;;/m0.................../s1. The molecule has 8 aliphatic heterocycles. The molecule has 0 aromatic heterocycles. The summed E-state index contributed by atoms with van der Waals surface area (Å²) in [6, 6.07) is -6.07. The van der Waals surface area contributed by atoms with E-state index in [-0.39, 0.29) is 350 Å². The predicted molar refractivity (Wildman–Crippen MR) is 339 cm³/mol. The van der Waals surface area contributed by atoms with E-state index in [1.807, 2.05) is 0 Å². The van der Waals surface area contributed by atoms with Gasteiger partial charge in [-0.1, -0.05) is 24.4 Å². The van der Waals surface area contributed by atoms with Crippen molar-refractivity contribution in [2.24, 2.45) is 22.9 Å². The van der Waals surface area contributed by atoms with Crippen LogP contribution in [0.5, 0.6) is 0 Å². The van der Waals surface area contributed by atoms with Gasteiger partial charge in [-0.3, -0.25) is 30.8 Å². The molecule has 84 heteroatoms. The molecular formula is C49H73N4Na11O62S7-4. The van der Waals surface area contributed by atoms with Gasteiger partial charge in [0.1, 0.15) is 73.2 Å². The van der Waals surface area contributed by atoms with Crippen LogP contribution in [0, 0.1) is 52.1 Å². The fourth-order valence-corrected chi connectivity index (χ4v) is 10.9. The SMILES string of the molecule is CO[C@H]1OC(CO)[C@@H](O[C@H]2[CH-][C@H](O)[C@H](O[C@H]3OC(COS(=O)(=O)[O-])[C@H](O[C@H]4[CH-][C@H](O)[C@H](O[C@H]5OC(COS(=O)(=O)[O-])[C@@H](O[C@H]6[CH-][C@H](O)[C@H](O[C@@H]7OC(COS(=O)(=O)[O-])[C@H](O[C@H]8[CH-][C@H](O)[C@H](O)[CH-]O8)[C@H](O)C7N)[CH-]O6)[C@H](O)C5N)[CH-]O4)[C@H](O)C3N)[CH-]O2)[C@H](O)C1N.O=C=O.O=C=O.O=C=O.O=C=O.O=S(=O)([O-])O.O=S(=O)([O-])O.O=S(=O)([O-])O.O=S(=O)([O-])O.[Na+].[Na+].[Na+].[Na+].[Na+].[Na+].[Na+].[Na+].[Na+].[Na+].[Na+]. The van der Waals surface area contributed by atoms with Gasteiger partial charge in [-0.2, -0.15) is 64.8 Å². The number of aliphatic hydroxyl groups excluding tert-OH is 10. The zero-order chi connectivity index (χ0) is 94.7. The van der Waals surface area contributed by atoms with Crippen LogP contribution in [0.25, 0.3) is 0 Å². The van der Waals surface area contributed by atoms with Crippen LogP contribution in [0.3, 0.4) is 0 Å². The molecule has 8 rings (SSSR count). The maximum absolute atomic E-state index is 11.6. The summed E-state index contributed by atoms with van der Waals surface area (Å²) in [6.45, 7) is -0.787. The molecule has 0 aliphatic carbocycles. The Morgan fingerprint density at radius 3 is 0.669 bits per heavy atom.